The van der Waals surface area contributed by atoms with Gasteiger partial charge in [0.05, 0.1) is 5.75 Å². The third kappa shape index (κ3) is 6.10. The quantitative estimate of drug-likeness (QED) is 0.638. The molecule has 0 unspecified atom stereocenters. The fraction of sp³-hybridized carbons (Fsp3) is 0.438. The Morgan fingerprint density at radius 3 is 2.54 bits per heavy atom. The van der Waals surface area contributed by atoms with Crippen molar-refractivity contribution >= 4 is 15.9 Å². The summed E-state index contributed by atoms with van der Waals surface area (Å²) in [4.78, 5) is 11.4. The van der Waals surface area contributed by atoms with Crippen LogP contribution in [-0.2, 0) is 22.0 Å². The third-order valence-corrected chi connectivity index (χ3v) is 4.78. The van der Waals surface area contributed by atoms with Gasteiger partial charge in [-0.3, -0.25) is 0 Å². The molecule has 0 fully saturated rings. The maximum Gasteiger partial charge on any atom is 0.335 e. The SMILES string of the molecule is CCCNC(=O)NCCCc1nnc(S(=O)(=O)Cc2ccc(F)cc2)o1. The van der Waals surface area contributed by atoms with Crippen molar-refractivity contribution in [1.82, 2.24) is 20.8 Å². The molecule has 10 heteroatoms. The van der Waals surface area contributed by atoms with Gasteiger partial charge in [-0.25, -0.2) is 17.6 Å². The lowest BCUT2D eigenvalue weighted by atomic mass is 10.2. The Kier molecular flexibility index (Phi) is 7.07. The first-order valence-electron chi connectivity index (χ1n) is 8.22. The van der Waals surface area contributed by atoms with E-state index in [4.69, 9.17) is 4.42 Å². The van der Waals surface area contributed by atoms with Gasteiger partial charge in [0.25, 0.3) is 0 Å². The van der Waals surface area contributed by atoms with Crippen molar-refractivity contribution in [3.63, 3.8) is 0 Å². The zero-order valence-electron chi connectivity index (χ0n) is 14.4. The molecule has 0 saturated heterocycles. The summed E-state index contributed by atoms with van der Waals surface area (Å²) in [5.74, 6) is -0.615. The highest BCUT2D eigenvalue weighted by molar-refractivity contribution is 7.90. The Hall–Kier alpha value is -2.49. The first-order chi connectivity index (χ1) is 12.4. The second-order valence-electron chi connectivity index (χ2n) is 5.63. The van der Waals surface area contributed by atoms with E-state index in [1.807, 2.05) is 6.92 Å². The fourth-order valence-corrected chi connectivity index (χ4v) is 3.21. The van der Waals surface area contributed by atoms with E-state index in [-0.39, 0.29) is 17.7 Å². The van der Waals surface area contributed by atoms with Gasteiger partial charge in [0.15, 0.2) is 0 Å². The standard InChI is InChI=1S/C16H21FN4O4S/c1-2-9-18-15(22)19-10-3-4-14-20-21-16(25-14)26(23,24)11-12-5-7-13(17)8-6-12/h5-8H,2-4,9-11H2,1H3,(H2,18,19,22). The average Bonchev–Trinajstić information content (AvgIpc) is 3.09. The van der Waals surface area contributed by atoms with Crippen molar-refractivity contribution < 1.29 is 22.0 Å². The monoisotopic (exact) mass is 384 g/mol. The zero-order chi connectivity index (χ0) is 19.0. The minimum Gasteiger partial charge on any atom is -0.413 e. The number of halogens is 1. The molecule has 8 nitrogen and oxygen atoms in total. The highest BCUT2D eigenvalue weighted by atomic mass is 32.2. The highest BCUT2D eigenvalue weighted by Crippen LogP contribution is 2.16. The van der Waals surface area contributed by atoms with Crippen LogP contribution in [0.3, 0.4) is 0 Å². The summed E-state index contributed by atoms with van der Waals surface area (Å²) < 4.78 is 42.6. The van der Waals surface area contributed by atoms with Gasteiger partial charge >= 0.3 is 11.3 Å². The summed E-state index contributed by atoms with van der Waals surface area (Å²) in [7, 11) is -3.80. The molecule has 0 aliphatic rings. The molecule has 0 atom stereocenters. The number of carbonyl (C=O) groups is 1. The Balaban J connectivity index is 1.84. The Labute approximate surface area is 151 Å². The lowest BCUT2D eigenvalue weighted by molar-refractivity contribution is 0.240. The third-order valence-electron chi connectivity index (χ3n) is 3.37. The van der Waals surface area contributed by atoms with Crippen LogP contribution in [-0.4, -0.2) is 37.7 Å². The van der Waals surface area contributed by atoms with Gasteiger partial charge in [0.2, 0.25) is 15.7 Å². The summed E-state index contributed by atoms with van der Waals surface area (Å²) in [5.41, 5.74) is 0.424. The number of hydrogen-bond donors (Lipinski definition) is 2. The van der Waals surface area contributed by atoms with Gasteiger partial charge < -0.3 is 15.1 Å². The maximum atomic E-state index is 12.9. The van der Waals surface area contributed by atoms with Crippen LogP contribution in [0.1, 0.15) is 31.2 Å². The second-order valence-corrected chi connectivity index (χ2v) is 7.50. The molecule has 2 N–H and O–H groups in total. The second kappa shape index (κ2) is 9.27. The maximum absolute atomic E-state index is 12.9. The molecule has 0 bridgehead atoms. The first-order valence-corrected chi connectivity index (χ1v) is 9.87. The summed E-state index contributed by atoms with van der Waals surface area (Å²) in [6, 6.07) is 4.90. The number of nitrogens with one attached hydrogen (secondary N) is 2. The van der Waals surface area contributed by atoms with E-state index in [9.17, 15) is 17.6 Å². The van der Waals surface area contributed by atoms with E-state index in [1.165, 1.54) is 24.3 Å². The Morgan fingerprint density at radius 2 is 1.85 bits per heavy atom. The van der Waals surface area contributed by atoms with E-state index >= 15 is 0 Å². The van der Waals surface area contributed by atoms with Crippen LogP contribution in [0.15, 0.2) is 33.9 Å². The number of nitrogens with zero attached hydrogens (tertiary/aromatic N) is 2. The summed E-state index contributed by atoms with van der Waals surface area (Å²) >= 11 is 0. The van der Waals surface area contributed by atoms with Gasteiger partial charge in [-0.1, -0.05) is 24.2 Å². The lowest BCUT2D eigenvalue weighted by Gasteiger charge is -2.05. The minimum atomic E-state index is -3.80. The normalized spacial score (nSPS) is 11.3. The van der Waals surface area contributed by atoms with Gasteiger partial charge in [-0.15, -0.1) is 5.10 Å². The molecular weight excluding hydrogens is 363 g/mol. The first kappa shape index (κ1) is 19.8. The highest BCUT2D eigenvalue weighted by Gasteiger charge is 2.23. The molecule has 0 radical (unpaired) electrons. The molecule has 0 spiro atoms. The van der Waals surface area contributed by atoms with Crippen LogP contribution in [0.5, 0.6) is 0 Å². The minimum absolute atomic E-state index is 0.179. The van der Waals surface area contributed by atoms with Crippen LogP contribution >= 0.6 is 0 Å². The lowest BCUT2D eigenvalue weighted by Crippen LogP contribution is -2.36. The van der Waals surface area contributed by atoms with Crippen molar-refractivity contribution in [2.75, 3.05) is 13.1 Å². The summed E-state index contributed by atoms with van der Waals surface area (Å²) in [6.07, 6.45) is 1.72. The number of aromatic nitrogens is 2. The van der Waals surface area contributed by atoms with E-state index in [2.05, 4.69) is 20.8 Å². The number of urea groups is 1. The van der Waals surface area contributed by atoms with Crippen molar-refractivity contribution in [1.29, 1.82) is 0 Å². The topological polar surface area (TPSA) is 114 Å². The molecule has 142 valence electrons. The van der Waals surface area contributed by atoms with Crippen molar-refractivity contribution in [3.8, 4) is 0 Å². The van der Waals surface area contributed by atoms with E-state index in [0.29, 0.717) is 31.5 Å². The number of aryl methyl sites for hydroxylation is 1. The largest absolute Gasteiger partial charge is 0.413 e. The average molecular weight is 384 g/mol. The van der Waals surface area contributed by atoms with E-state index < -0.39 is 20.9 Å². The number of sulfone groups is 1. The molecular formula is C16H21FN4O4S. The fourth-order valence-electron chi connectivity index (χ4n) is 2.07. The smallest absolute Gasteiger partial charge is 0.335 e. The molecule has 0 aliphatic carbocycles. The van der Waals surface area contributed by atoms with Crippen LogP contribution in [0.2, 0.25) is 0 Å². The van der Waals surface area contributed by atoms with Crippen molar-refractivity contribution in [2.45, 2.75) is 37.2 Å². The molecule has 0 aliphatic heterocycles. The molecule has 1 aromatic heterocycles. The Morgan fingerprint density at radius 1 is 1.15 bits per heavy atom. The van der Waals surface area contributed by atoms with Crippen molar-refractivity contribution in [2.24, 2.45) is 0 Å². The van der Waals surface area contributed by atoms with Gasteiger partial charge in [0, 0.05) is 19.5 Å². The predicted octanol–water partition coefficient (Wildman–Crippen LogP) is 1.82. The number of amides is 2. The molecule has 26 heavy (non-hydrogen) atoms. The van der Waals surface area contributed by atoms with Gasteiger partial charge in [-0.2, -0.15) is 0 Å². The van der Waals surface area contributed by atoms with Gasteiger partial charge in [0.1, 0.15) is 5.82 Å². The van der Waals surface area contributed by atoms with Crippen LogP contribution < -0.4 is 10.6 Å². The Bertz CT molecular complexity index is 821. The van der Waals surface area contributed by atoms with Crippen LogP contribution in [0, 0.1) is 5.82 Å². The molecule has 2 amide bonds. The van der Waals surface area contributed by atoms with Gasteiger partial charge in [-0.05, 0) is 30.5 Å². The molecule has 2 aromatic rings. The number of benzene rings is 1. The summed E-state index contributed by atoms with van der Waals surface area (Å²) in [5, 5.41) is 12.2. The predicted molar refractivity (Wildman–Crippen MR) is 91.6 cm³/mol. The number of carbonyl (C=O) groups excluding carboxylic acids is 1. The zero-order valence-corrected chi connectivity index (χ0v) is 15.2. The molecule has 1 aromatic carbocycles. The van der Waals surface area contributed by atoms with Crippen LogP contribution in [0.25, 0.3) is 0 Å². The van der Waals surface area contributed by atoms with Crippen molar-refractivity contribution in [3.05, 3.63) is 41.5 Å². The number of hydrogen-bond acceptors (Lipinski definition) is 6. The van der Waals surface area contributed by atoms with E-state index in [0.717, 1.165) is 6.42 Å². The number of rotatable bonds is 9. The van der Waals surface area contributed by atoms with E-state index in [1.54, 1.807) is 0 Å². The van der Waals surface area contributed by atoms with Crippen LogP contribution in [0.4, 0.5) is 9.18 Å². The molecule has 0 saturated carbocycles. The summed E-state index contributed by atoms with van der Waals surface area (Å²) in [6.45, 7) is 2.96. The molecule has 1 heterocycles. The molecule has 2 rings (SSSR count).